The second-order valence-corrected chi connectivity index (χ2v) is 7.60. The molecule has 1 heterocycles. The monoisotopic (exact) mass is 363 g/mol. The Hall–Kier alpha value is -1.85. The molecule has 0 aliphatic heterocycles. The summed E-state index contributed by atoms with van der Waals surface area (Å²) in [6.07, 6.45) is 6.89. The molecular formula is C20H33N3O3. The standard InChI is InChI=1S/C20H33N3O3/c1-6-7-8-16-9-11-17(12-10-16)20(25)26-15(4)19(24)21-18-13(2)22-23(5)14(18)3/h15-17H,6-12H2,1-5H3,(H,21,24)/t15-,16?,17?/m0/s1. The molecule has 0 unspecified atom stereocenters. The van der Waals surface area contributed by atoms with Crippen LogP contribution in [0.25, 0.3) is 0 Å². The van der Waals surface area contributed by atoms with E-state index in [1.54, 1.807) is 11.6 Å². The molecule has 1 aliphatic carbocycles. The van der Waals surface area contributed by atoms with Crippen LogP contribution in [-0.2, 0) is 21.4 Å². The highest BCUT2D eigenvalue weighted by Gasteiger charge is 2.29. The van der Waals surface area contributed by atoms with Gasteiger partial charge in [-0.3, -0.25) is 14.3 Å². The summed E-state index contributed by atoms with van der Waals surface area (Å²) in [6.45, 7) is 7.57. The van der Waals surface area contributed by atoms with E-state index in [0.29, 0.717) is 5.69 Å². The number of carbonyl (C=O) groups excluding carboxylic acids is 2. The van der Waals surface area contributed by atoms with Crippen molar-refractivity contribution >= 4 is 17.6 Å². The Morgan fingerprint density at radius 1 is 1.27 bits per heavy atom. The van der Waals surface area contributed by atoms with E-state index in [-0.39, 0.29) is 17.8 Å². The summed E-state index contributed by atoms with van der Waals surface area (Å²) in [5.41, 5.74) is 2.32. The number of aromatic nitrogens is 2. The first kappa shape index (κ1) is 20.5. The van der Waals surface area contributed by atoms with Crippen molar-refractivity contribution in [3.05, 3.63) is 11.4 Å². The smallest absolute Gasteiger partial charge is 0.309 e. The van der Waals surface area contributed by atoms with Gasteiger partial charge in [0.2, 0.25) is 0 Å². The summed E-state index contributed by atoms with van der Waals surface area (Å²) in [6, 6.07) is 0. The van der Waals surface area contributed by atoms with E-state index in [1.165, 1.54) is 19.3 Å². The van der Waals surface area contributed by atoms with Crippen molar-refractivity contribution in [2.24, 2.45) is 18.9 Å². The molecule has 6 heteroatoms. The third-order valence-corrected chi connectivity index (χ3v) is 5.57. The second-order valence-electron chi connectivity index (χ2n) is 7.60. The molecule has 1 saturated carbocycles. The van der Waals surface area contributed by atoms with Crippen molar-refractivity contribution in [3.8, 4) is 0 Å². The molecule has 1 atom stereocenters. The molecule has 1 fully saturated rings. The third-order valence-electron chi connectivity index (χ3n) is 5.57. The molecule has 2 rings (SSSR count). The van der Waals surface area contributed by atoms with Crippen LogP contribution < -0.4 is 5.32 Å². The maximum Gasteiger partial charge on any atom is 0.309 e. The number of ether oxygens (including phenoxy) is 1. The van der Waals surface area contributed by atoms with Gasteiger partial charge in [0, 0.05) is 7.05 Å². The number of anilines is 1. The third kappa shape index (κ3) is 5.08. The van der Waals surface area contributed by atoms with Gasteiger partial charge in [0.25, 0.3) is 5.91 Å². The maximum absolute atomic E-state index is 12.4. The van der Waals surface area contributed by atoms with Crippen LogP contribution in [-0.4, -0.2) is 27.8 Å². The number of hydrogen-bond acceptors (Lipinski definition) is 4. The van der Waals surface area contributed by atoms with Crippen LogP contribution in [0.4, 0.5) is 5.69 Å². The van der Waals surface area contributed by atoms with Crippen LogP contribution >= 0.6 is 0 Å². The highest BCUT2D eigenvalue weighted by molar-refractivity contribution is 5.96. The Balaban J connectivity index is 1.82. The fourth-order valence-corrected chi connectivity index (χ4v) is 3.68. The molecule has 1 aromatic rings. The van der Waals surface area contributed by atoms with Crippen molar-refractivity contribution in [1.82, 2.24) is 9.78 Å². The summed E-state index contributed by atoms with van der Waals surface area (Å²) in [5.74, 6) is 0.136. The zero-order valence-corrected chi connectivity index (χ0v) is 16.8. The van der Waals surface area contributed by atoms with Crippen LogP contribution in [0.15, 0.2) is 0 Å². The first-order valence-corrected chi connectivity index (χ1v) is 9.85. The van der Waals surface area contributed by atoms with Crippen molar-refractivity contribution in [1.29, 1.82) is 0 Å². The number of nitrogens with zero attached hydrogens (tertiary/aromatic N) is 2. The highest BCUT2D eigenvalue weighted by atomic mass is 16.5. The van der Waals surface area contributed by atoms with Gasteiger partial charge in [-0.15, -0.1) is 0 Å². The number of carbonyl (C=O) groups is 2. The summed E-state index contributed by atoms with van der Waals surface area (Å²) in [7, 11) is 1.83. The van der Waals surface area contributed by atoms with Gasteiger partial charge in [0.1, 0.15) is 0 Å². The Labute approximate surface area is 156 Å². The molecular weight excluding hydrogens is 330 g/mol. The van der Waals surface area contributed by atoms with Gasteiger partial charge in [-0.1, -0.05) is 26.2 Å². The van der Waals surface area contributed by atoms with Crippen LogP contribution in [0.3, 0.4) is 0 Å². The number of rotatable bonds is 7. The predicted molar refractivity (Wildman–Crippen MR) is 102 cm³/mol. The minimum Gasteiger partial charge on any atom is -0.452 e. The number of amides is 1. The average Bonchev–Trinajstić information content (AvgIpc) is 2.86. The van der Waals surface area contributed by atoms with Crippen LogP contribution in [0.2, 0.25) is 0 Å². The van der Waals surface area contributed by atoms with Gasteiger partial charge in [-0.05, 0) is 52.4 Å². The fraction of sp³-hybridized carbons (Fsp3) is 0.750. The van der Waals surface area contributed by atoms with Crippen molar-refractivity contribution < 1.29 is 14.3 Å². The number of esters is 1. The number of hydrogen-bond donors (Lipinski definition) is 1. The van der Waals surface area contributed by atoms with Gasteiger partial charge in [-0.25, -0.2) is 0 Å². The molecule has 1 aromatic heterocycles. The largest absolute Gasteiger partial charge is 0.452 e. The Morgan fingerprint density at radius 3 is 2.46 bits per heavy atom. The molecule has 1 aliphatic rings. The quantitative estimate of drug-likeness (QED) is 0.746. The topological polar surface area (TPSA) is 73.2 Å². The van der Waals surface area contributed by atoms with Crippen LogP contribution in [0.1, 0.15) is 70.2 Å². The second kappa shape index (κ2) is 9.19. The van der Waals surface area contributed by atoms with Gasteiger partial charge >= 0.3 is 5.97 Å². The van der Waals surface area contributed by atoms with E-state index in [4.69, 9.17) is 4.74 Å². The summed E-state index contributed by atoms with van der Waals surface area (Å²) < 4.78 is 7.17. The Morgan fingerprint density at radius 2 is 1.92 bits per heavy atom. The molecule has 1 N–H and O–H groups in total. The molecule has 26 heavy (non-hydrogen) atoms. The molecule has 0 aromatic carbocycles. The summed E-state index contributed by atoms with van der Waals surface area (Å²) in [5, 5.41) is 7.12. The Bertz CT molecular complexity index is 630. The van der Waals surface area contributed by atoms with Gasteiger partial charge in [0.15, 0.2) is 6.10 Å². The number of aryl methyl sites for hydroxylation is 2. The van der Waals surface area contributed by atoms with E-state index in [1.807, 2.05) is 20.9 Å². The van der Waals surface area contributed by atoms with Crippen LogP contribution in [0, 0.1) is 25.7 Å². The first-order valence-electron chi connectivity index (χ1n) is 9.85. The lowest BCUT2D eigenvalue weighted by molar-refractivity contribution is -0.158. The summed E-state index contributed by atoms with van der Waals surface area (Å²) >= 11 is 0. The molecule has 6 nitrogen and oxygen atoms in total. The van der Waals surface area contributed by atoms with Crippen molar-refractivity contribution in [3.63, 3.8) is 0 Å². The minimum absolute atomic E-state index is 0.0648. The Kier molecular flexibility index (Phi) is 7.23. The fourth-order valence-electron chi connectivity index (χ4n) is 3.68. The first-order chi connectivity index (χ1) is 12.3. The maximum atomic E-state index is 12.4. The predicted octanol–water partition coefficient (Wildman–Crippen LogP) is 3.90. The number of unbranched alkanes of at least 4 members (excludes halogenated alkanes) is 1. The van der Waals surface area contributed by atoms with E-state index in [0.717, 1.165) is 43.0 Å². The molecule has 0 saturated heterocycles. The molecule has 0 radical (unpaired) electrons. The lowest BCUT2D eigenvalue weighted by atomic mass is 9.80. The zero-order chi connectivity index (χ0) is 19.3. The van der Waals surface area contributed by atoms with Gasteiger partial charge in [-0.2, -0.15) is 5.10 Å². The normalized spacial score (nSPS) is 21.3. The minimum atomic E-state index is -0.806. The molecule has 146 valence electrons. The summed E-state index contributed by atoms with van der Waals surface area (Å²) in [4.78, 5) is 24.8. The van der Waals surface area contributed by atoms with Crippen LogP contribution in [0.5, 0.6) is 0 Å². The zero-order valence-electron chi connectivity index (χ0n) is 16.8. The average molecular weight is 364 g/mol. The van der Waals surface area contributed by atoms with E-state index >= 15 is 0 Å². The van der Waals surface area contributed by atoms with E-state index < -0.39 is 6.10 Å². The van der Waals surface area contributed by atoms with Crippen molar-refractivity contribution in [2.75, 3.05) is 5.32 Å². The van der Waals surface area contributed by atoms with Gasteiger partial charge in [0.05, 0.1) is 23.0 Å². The SMILES string of the molecule is CCCCC1CCC(C(=O)O[C@@H](C)C(=O)Nc2c(C)nn(C)c2C)CC1. The van der Waals surface area contributed by atoms with E-state index in [2.05, 4.69) is 17.3 Å². The molecule has 0 bridgehead atoms. The number of nitrogens with one attached hydrogen (secondary N) is 1. The molecule has 1 amide bonds. The van der Waals surface area contributed by atoms with Crippen molar-refractivity contribution in [2.45, 2.75) is 78.7 Å². The van der Waals surface area contributed by atoms with E-state index in [9.17, 15) is 9.59 Å². The lowest BCUT2D eigenvalue weighted by Gasteiger charge is -2.28. The molecule has 0 spiro atoms. The lowest BCUT2D eigenvalue weighted by Crippen LogP contribution is -2.33. The van der Waals surface area contributed by atoms with Gasteiger partial charge < -0.3 is 10.1 Å². The highest BCUT2D eigenvalue weighted by Crippen LogP contribution is 2.32.